The highest BCUT2D eigenvalue weighted by molar-refractivity contribution is 5.78. The number of hydrogen-bond acceptors (Lipinski definition) is 2. The lowest BCUT2D eigenvalue weighted by atomic mass is 10.1. The Morgan fingerprint density at radius 2 is 1.89 bits per heavy atom. The Morgan fingerprint density at radius 3 is 2.44 bits per heavy atom. The van der Waals surface area contributed by atoms with Crippen molar-refractivity contribution in [2.75, 3.05) is 6.54 Å². The summed E-state index contributed by atoms with van der Waals surface area (Å²) in [4.78, 5) is 11.5. The molecule has 0 unspecified atom stereocenters. The third-order valence-electron chi connectivity index (χ3n) is 2.25. The zero-order chi connectivity index (χ0) is 13.8. The van der Waals surface area contributed by atoms with Gasteiger partial charge in [0, 0.05) is 12.1 Å². The van der Waals surface area contributed by atoms with Crippen LogP contribution < -0.4 is 10.6 Å². The predicted molar refractivity (Wildman–Crippen MR) is 66.0 cm³/mol. The molecule has 0 bridgehead atoms. The second kappa shape index (κ2) is 5.91. The fraction of sp³-hybridized carbons (Fsp3) is 0.462. The van der Waals surface area contributed by atoms with Crippen molar-refractivity contribution in [2.24, 2.45) is 0 Å². The third-order valence-corrected chi connectivity index (χ3v) is 2.25. The van der Waals surface area contributed by atoms with Crippen molar-refractivity contribution in [3.63, 3.8) is 0 Å². The third kappa shape index (κ3) is 5.23. The fourth-order valence-corrected chi connectivity index (χ4v) is 1.26. The normalized spacial score (nSPS) is 11.4. The van der Waals surface area contributed by atoms with E-state index in [1.54, 1.807) is 0 Å². The van der Waals surface area contributed by atoms with Gasteiger partial charge in [-0.2, -0.15) is 0 Å². The minimum atomic E-state index is -0.908. The molecular formula is C13H18F2N2O. The van der Waals surface area contributed by atoms with E-state index in [0.717, 1.165) is 12.1 Å². The van der Waals surface area contributed by atoms with Crippen molar-refractivity contribution in [3.05, 3.63) is 35.4 Å². The highest BCUT2D eigenvalue weighted by Crippen LogP contribution is 2.08. The van der Waals surface area contributed by atoms with E-state index in [4.69, 9.17) is 0 Å². The van der Waals surface area contributed by atoms with Crippen LogP contribution in [0.15, 0.2) is 18.2 Å². The van der Waals surface area contributed by atoms with Gasteiger partial charge in [-0.25, -0.2) is 8.78 Å². The van der Waals surface area contributed by atoms with Crippen LogP contribution in [0.4, 0.5) is 8.78 Å². The SMILES string of the molecule is CC(C)(C)NCC(=O)NCc1ccc(F)c(F)c1. The second-order valence-corrected chi connectivity index (χ2v) is 5.13. The van der Waals surface area contributed by atoms with E-state index < -0.39 is 11.6 Å². The van der Waals surface area contributed by atoms with Crippen LogP contribution in [0.2, 0.25) is 0 Å². The van der Waals surface area contributed by atoms with E-state index in [9.17, 15) is 13.6 Å². The second-order valence-electron chi connectivity index (χ2n) is 5.13. The zero-order valence-corrected chi connectivity index (χ0v) is 10.8. The Kier molecular flexibility index (Phi) is 4.78. The summed E-state index contributed by atoms with van der Waals surface area (Å²) in [5.41, 5.74) is 0.386. The van der Waals surface area contributed by atoms with Crippen molar-refractivity contribution >= 4 is 5.91 Å². The highest BCUT2D eigenvalue weighted by Gasteiger charge is 2.11. The molecular weight excluding hydrogens is 238 g/mol. The molecule has 0 saturated carbocycles. The standard InChI is InChI=1S/C13H18F2N2O/c1-13(2,3)17-8-12(18)16-7-9-4-5-10(14)11(15)6-9/h4-6,17H,7-8H2,1-3H3,(H,16,18). The Balaban J connectivity index is 2.40. The van der Waals surface area contributed by atoms with E-state index in [2.05, 4.69) is 10.6 Å². The average molecular weight is 256 g/mol. The highest BCUT2D eigenvalue weighted by atomic mass is 19.2. The number of nitrogens with one attached hydrogen (secondary N) is 2. The predicted octanol–water partition coefficient (Wildman–Crippen LogP) is 1.97. The maximum Gasteiger partial charge on any atom is 0.234 e. The first kappa shape index (κ1) is 14.6. The van der Waals surface area contributed by atoms with Crippen LogP contribution in [0, 0.1) is 11.6 Å². The largest absolute Gasteiger partial charge is 0.351 e. The van der Waals surface area contributed by atoms with Gasteiger partial charge in [0.1, 0.15) is 0 Å². The van der Waals surface area contributed by atoms with Crippen LogP contribution in [0.1, 0.15) is 26.3 Å². The smallest absolute Gasteiger partial charge is 0.234 e. The van der Waals surface area contributed by atoms with Gasteiger partial charge in [-0.15, -0.1) is 0 Å². The van der Waals surface area contributed by atoms with Crippen molar-refractivity contribution in [2.45, 2.75) is 32.9 Å². The quantitative estimate of drug-likeness (QED) is 0.864. The molecule has 0 aromatic heterocycles. The van der Waals surface area contributed by atoms with Gasteiger partial charge in [0.2, 0.25) is 5.91 Å². The van der Waals surface area contributed by atoms with Crippen LogP contribution in [0.25, 0.3) is 0 Å². The Hall–Kier alpha value is -1.49. The maximum atomic E-state index is 12.9. The van der Waals surface area contributed by atoms with Gasteiger partial charge in [-0.1, -0.05) is 6.07 Å². The fourth-order valence-electron chi connectivity index (χ4n) is 1.26. The number of carbonyl (C=O) groups is 1. The molecule has 5 heteroatoms. The summed E-state index contributed by atoms with van der Waals surface area (Å²) < 4.78 is 25.6. The summed E-state index contributed by atoms with van der Waals surface area (Å²) in [6, 6.07) is 3.56. The van der Waals surface area contributed by atoms with Gasteiger partial charge in [-0.05, 0) is 38.5 Å². The lowest BCUT2D eigenvalue weighted by molar-refractivity contribution is -0.120. The van der Waals surface area contributed by atoms with Gasteiger partial charge >= 0.3 is 0 Å². The van der Waals surface area contributed by atoms with E-state index >= 15 is 0 Å². The topological polar surface area (TPSA) is 41.1 Å². The molecule has 2 N–H and O–H groups in total. The molecule has 0 heterocycles. The molecule has 3 nitrogen and oxygen atoms in total. The maximum absolute atomic E-state index is 12.9. The van der Waals surface area contributed by atoms with Crippen molar-refractivity contribution in [1.82, 2.24) is 10.6 Å². The molecule has 0 aliphatic rings. The summed E-state index contributed by atoms with van der Waals surface area (Å²) in [5.74, 6) is -1.98. The summed E-state index contributed by atoms with van der Waals surface area (Å²) in [6.45, 7) is 6.23. The van der Waals surface area contributed by atoms with Crippen LogP contribution >= 0.6 is 0 Å². The number of carbonyl (C=O) groups excluding carboxylic acids is 1. The minimum absolute atomic E-state index is 0.140. The molecule has 0 aliphatic carbocycles. The summed E-state index contributed by atoms with van der Waals surface area (Å²) in [6.07, 6.45) is 0. The monoisotopic (exact) mass is 256 g/mol. The van der Waals surface area contributed by atoms with Gasteiger partial charge in [0.05, 0.1) is 6.54 Å². The van der Waals surface area contributed by atoms with E-state index in [-0.39, 0.29) is 24.5 Å². The molecule has 0 aliphatic heterocycles. The molecule has 18 heavy (non-hydrogen) atoms. The number of halogens is 2. The van der Waals surface area contributed by atoms with Crippen LogP contribution in [0.5, 0.6) is 0 Å². The van der Waals surface area contributed by atoms with Gasteiger partial charge in [0.15, 0.2) is 11.6 Å². The van der Waals surface area contributed by atoms with Crippen molar-refractivity contribution in [3.8, 4) is 0 Å². The Morgan fingerprint density at radius 1 is 1.22 bits per heavy atom. The zero-order valence-electron chi connectivity index (χ0n) is 10.8. The van der Waals surface area contributed by atoms with Crippen molar-refractivity contribution < 1.29 is 13.6 Å². The molecule has 0 radical (unpaired) electrons. The molecule has 0 spiro atoms. The number of rotatable bonds is 4. The molecule has 1 aromatic carbocycles. The number of hydrogen-bond donors (Lipinski definition) is 2. The first-order valence-electron chi connectivity index (χ1n) is 5.73. The first-order chi connectivity index (χ1) is 8.28. The Bertz CT molecular complexity index is 427. The number of benzene rings is 1. The molecule has 1 rings (SSSR count). The van der Waals surface area contributed by atoms with Gasteiger partial charge < -0.3 is 10.6 Å². The first-order valence-corrected chi connectivity index (χ1v) is 5.73. The van der Waals surface area contributed by atoms with Crippen LogP contribution in [0.3, 0.4) is 0 Å². The average Bonchev–Trinajstić information content (AvgIpc) is 2.27. The van der Waals surface area contributed by atoms with E-state index in [1.165, 1.54) is 6.07 Å². The minimum Gasteiger partial charge on any atom is -0.351 e. The molecule has 0 fully saturated rings. The lowest BCUT2D eigenvalue weighted by Gasteiger charge is -2.20. The summed E-state index contributed by atoms with van der Waals surface area (Å²) in [7, 11) is 0. The molecule has 100 valence electrons. The summed E-state index contributed by atoms with van der Waals surface area (Å²) in [5, 5.41) is 5.66. The Labute approximate surface area is 106 Å². The van der Waals surface area contributed by atoms with E-state index in [0.29, 0.717) is 5.56 Å². The summed E-state index contributed by atoms with van der Waals surface area (Å²) >= 11 is 0. The van der Waals surface area contributed by atoms with Crippen LogP contribution in [-0.2, 0) is 11.3 Å². The lowest BCUT2D eigenvalue weighted by Crippen LogP contribution is -2.43. The molecule has 0 atom stereocenters. The number of amides is 1. The van der Waals surface area contributed by atoms with Gasteiger partial charge in [0.25, 0.3) is 0 Å². The van der Waals surface area contributed by atoms with E-state index in [1.807, 2.05) is 20.8 Å². The van der Waals surface area contributed by atoms with Crippen molar-refractivity contribution in [1.29, 1.82) is 0 Å². The molecule has 1 amide bonds. The van der Waals surface area contributed by atoms with Crippen LogP contribution in [-0.4, -0.2) is 18.0 Å². The molecule has 0 saturated heterocycles. The molecule has 1 aromatic rings. The van der Waals surface area contributed by atoms with Gasteiger partial charge in [-0.3, -0.25) is 4.79 Å².